The third-order valence-corrected chi connectivity index (χ3v) is 9.26. The van der Waals surface area contributed by atoms with E-state index in [9.17, 15) is 15.0 Å². The van der Waals surface area contributed by atoms with Crippen LogP contribution < -0.4 is 0 Å². The lowest BCUT2D eigenvalue weighted by atomic mass is 9.91. The number of benzene rings is 2. The van der Waals surface area contributed by atoms with Gasteiger partial charge in [-0.25, -0.2) is 4.79 Å². The number of aliphatic hydroxyl groups is 2. The van der Waals surface area contributed by atoms with Crippen LogP contribution in [0.4, 0.5) is 4.79 Å². The van der Waals surface area contributed by atoms with Gasteiger partial charge in [0.1, 0.15) is 12.2 Å². The van der Waals surface area contributed by atoms with Crippen LogP contribution in [0.15, 0.2) is 60.7 Å². The van der Waals surface area contributed by atoms with Gasteiger partial charge >= 0.3 is 6.03 Å². The van der Waals surface area contributed by atoms with Gasteiger partial charge in [0.2, 0.25) is 0 Å². The molecule has 0 spiro atoms. The maximum Gasteiger partial charge on any atom is 0.322 e. The Hall–Kier alpha value is -3.33. The van der Waals surface area contributed by atoms with Crippen molar-refractivity contribution < 1.29 is 15.0 Å². The summed E-state index contributed by atoms with van der Waals surface area (Å²) in [7, 11) is 0. The molecule has 2 N–H and O–H groups in total. The number of carbonyl (C=O) groups is 1. The van der Waals surface area contributed by atoms with Crippen LogP contribution in [0.25, 0.3) is 0 Å². The maximum absolute atomic E-state index is 14.5. The SMILES string of the molecule is O=C1N(CC#CCN2CCCCC2)[C@H](Cc2ccccc2)[C@H](O)[C@@H](O)[C@@H](Cc2ccccc2)N1CC#CCN1CCCCC1. The lowest BCUT2D eigenvalue weighted by Gasteiger charge is -2.33. The average Bonchev–Trinajstić information content (AvgIpc) is 3.13. The Kier molecular flexibility index (Phi) is 12.1. The largest absolute Gasteiger partial charge is 0.388 e. The first-order valence-corrected chi connectivity index (χ1v) is 16.5. The average molecular weight is 597 g/mol. The predicted octanol–water partition coefficient (Wildman–Crippen LogP) is 3.65. The smallest absolute Gasteiger partial charge is 0.322 e. The van der Waals surface area contributed by atoms with Gasteiger partial charge < -0.3 is 20.0 Å². The van der Waals surface area contributed by atoms with Crippen molar-refractivity contribution in [2.24, 2.45) is 0 Å². The van der Waals surface area contributed by atoms with Crippen LogP contribution in [0.2, 0.25) is 0 Å². The zero-order valence-corrected chi connectivity index (χ0v) is 26.0. The van der Waals surface area contributed by atoms with Gasteiger partial charge in [0.25, 0.3) is 0 Å². The summed E-state index contributed by atoms with van der Waals surface area (Å²) < 4.78 is 0. The summed E-state index contributed by atoms with van der Waals surface area (Å²) in [5.41, 5.74) is 1.99. The molecule has 3 aliphatic rings. The summed E-state index contributed by atoms with van der Waals surface area (Å²) in [6.07, 6.45) is 5.89. The number of likely N-dealkylation sites (tertiary alicyclic amines) is 2. The molecule has 0 radical (unpaired) electrons. The second-order valence-corrected chi connectivity index (χ2v) is 12.4. The number of carbonyl (C=O) groups excluding carboxylic acids is 1. The van der Waals surface area contributed by atoms with E-state index < -0.39 is 24.3 Å². The molecule has 44 heavy (non-hydrogen) atoms. The molecule has 0 aliphatic carbocycles. The third kappa shape index (κ3) is 8.87. The van der Waals surface area contributed by atoms with Gasteiger partial charge in [-0.2, -0.15) is 0 Å². The molecule has 3 saturated heterocycles. The Morgan fingerprint density at radius 2 is 0.909 bits per heavy atom. The molecule has 2 aromatic rings. The Labute approximate surface area is 263 Å². The fourth-order valence-electron chi connectivity index (χ4n) is 6.67. The molecular weight excluding hydrogens is 548 g/mol. The first-order valence-electron chi connectivity index (χ1n) is 16.5. The summed E-state index contributed by atoms with van der Waals surface area (Å²) in [5, 5.41) is 23.5. The zero-order valence-electron chi connectivity index (χ0n) is 26.0. The topological polar surface area (TPSA) is 70.5 Å². The highest BCUT2D eigenvalue weighted by Gasteiger charge is 2.46. The van der Waals surface area contributed by atoms with Gasteiger partial charge in [-0.15, -0.1) is 0 Å². The molecule has 0 unspecified atom stereocenters. The molecule has 7 heteroatoms. The van der Waals surface area contributed by atoms with Gasteiger partial charge in [0, 0.05) is 0 Å². The Morgan fingerprint density at radius 3 is 1.30 bits per heavy atom. The minimum absolute atomic E-state index is 0.184. The van der Waals surface area contributed by atoms with Crippen molar-refractivity contribution in [1.29, 1.82) is 0 Å². The minimum Gasteiger partial charge on any atom is -0.388 e. The normalized spacial score (nSPS) is 25.0. The molecule has 3 aliphatic heterocycles. The lowest BCUT2D eigenvalue weighted by molar-refractivity contribution is -0.0374. The first-order chi connectivity index (χ1) is 21.6. The van der Waals surface area contributed by atoms with E-state index in [2.05, 4.69) is 33.5 Å². The van der Waals surface area contributed by atoms with Crippen molar-refractivity contribution in [3.8, 4) is 23.7 Å². The van der Waals surface area contributed by atoms with Crippen LogP contribution >= 0.6 is 0 Å². The molecule has 234 valence electrons. The zero-order chi connectivity index (χ0) is 30.6. The van der Waals surface area contributed by atoms with E-state index in [4.69, 9.17) is 0 Å². The number of urea groups is 1. The Morgan fingerprint density at radius 1 is 0.545 bits per heavy atom. The second-order valence-electron chi connectivity index (χ2n) is 12.4. The molecule has 2 aromatic carbocycles. The van der Waals surface area contributed by atoms with Crippen LogP contribution in [-0.2, 0) is 12.8 Å². The standard InChI is InChI=1S/C37H48N4O3/c42-35-33(29-31-17-5-1-6-18-31)40(27-15-13-25-38-21-9-3-10-22-38)37(44)41(28-16-14-26-39-23-11-4-12-24-39)34(36(35)43)30-32-19-7-2-8-20-32/h1-2,5-8,17-20,33-36,42-43H,3-4,9-12,21-30H2/t33-,34-,35+,36+/m1/s1. The van der Waals surface area contributed by atoms with Crippen LogP contribution in [0.5, 0.6) is 0 Å². The van der Waals surface area contributed by atoms with E-state index in [0.717, 1.165) is 37.3 Å². The molecule has 5 rings (SSSR count). The lowest BCUT2D eigenvalue weighted by Crippen LogP contribution is -2.51. The second kappa shape index (κ2) is 16.7. The molecule has 0 saturated carbocycles. The van der Waals surface area contributed by atoms with E-state index in [1.54, 1.807) is 9.80 Å². The first kappa shape index (κ1) is 32.1. The fourth-order valence-corrected chi connectivity index (χ4v) is 6.67. The highest BCUT2D eigenvalue weighted by atomic mass is 16.3. The summed E-state index contributed by atoms with van der Waals surface area (Å²) in [4.78, 5) is 22.6. The molecule has 4 atom stereocenters. The van der Waals surface area contributed by atoms with Gasteiger partial charge in [-0.3, -0.25) is 9.80 Å². The highest BCUT2D eigenvalue weighted by molar-refractivity contribution is 5.77. The van der Waals surface area contributed by atoms with Crippen molar-refractivity contribution >= 4 is 6.03 Å². The molecule has 7 nitrogen and oxygen atoms in total. The third-order valence-electron chi connectivity index (χ3n) is 9.26. The number of piperidine rings is 2. The monoisotopic (exact) mass is 596 g/mol. The van der Waals surface area contributed by atoms with E-state index in [-0.39, 0.29) is 19.1 Å². The van der Waals surface area contributed by atoms with Gasteiger partial charge in [-0.05, 0) is 75.8 Å². The van der Waals surface area contributed by atoms with E-state index in [1.807, 2.05) is 60.7 Å². The Balaban J connectivity index is 1.42. The summed E-state index contributed by atoms with van der Waals surface area (Å²) in [6.45, 7) is 5.97. The predicted molar refractivity (Wildman–Crippen MR) is 175 cm³/mol. The van der Waals surface area contributed by atoms with Crippen molar-refractivity contribution in [3.63, 3.8) is 0 Å². The number of aliphatic hydroxyl groups excluding tert-OH is 2. The molecule has 3 fully saturated rings. The highest BCUT2D eigenvalue weighted by Crippen LogP contribution is 2.27. The Bertz CT molecular complexity index is 1190. The quantitative estimate of drug-likeness (QED) is 0.456. The molecule has 3 heterocycles. The van der Waals surface area contributed by atoms with Crippen LogP contribution in [0.3, 0.4) is 0 Å². The van der Waals surface area contributed by atoms with Crippen LogP contribution in [-0.4, -0.2) is 112 Å². The van der Waals surface area contributed by atoms with Crippen molar-refractivity contribution in [2.75, 3.05) is 52.4 Å². The van der Waals surface area contributed by atoms with Crippen molar-refractivity contribution in [1.82, 2.24) is 19.6 Å². The minimum atomic E-state index is -1.15. The number of hydrogen-bond donors (Lipinski definition) is 2. The van der Waals surface area contributed by atoms with Gasteiger partial charge in [0.15, 0.2) is 0 Å². The van der Waals surface area contributed by atoms with Crippen molar-refractivity contribution in [3.05, 3.63) is 71.8 Å². The van der Waals surface area contributed by atoms with E-state index in [1.165, 1.54) is 38.5 Å². The number of hydrogen-bond acceptors (Lipinski definition) is 5. The van der Waals surface area contributed by atoms with Gasteiger partial charge in [0.05, 0.1) is 38.3 Å². The molecular formula is C37H48N4O3. The summed E-state index contributed by atoms with van der Waals surface area (Å²) in [5.74, 6) is 13.1. The molecule has 2 amide bonds. The van der Waals surface area contributed by atoms with Gasteiger partial charge in [-0.1, -0.05) is 97.2 Å². The summed E-state index contributed by atoms with van der Waals surface area (Å²) in [6, 6.07) is 18.3. The fraction of sp³-hybridized carbons (Fsp3) is 0.541. The van der Waals surface area contributed by atoms with Crippen molar-refractivity contribution in [2.45, 2.75) is 75.7 Å². The van der Waals surface area contributed by atoms with Crippen LogP contribution in [0.1, 0.15) is 49.7 Å². The number of nitrogens with zero attached hydrogens (tertiary/aromatic N) is 4. The van der Waals surface area contributed by atoms with E-state index in [0.29, 0.717) is 25.9 Å². The van der Waals surface area contributed by atoms with E-state index >= 15 is 0 Å². The molecule has 0 bridgehead atoms. The number of amides is 2. The maximum atomic E-state index is 14.5. The van der Waals surface area contributed by atoms with Crippen LogP contribution in [0, 0.1) is 23.7 Å². The number of rotatable bonds is 8. The molecule has 0 aromatic heterocycles. The summed E-state index contributed by atoms with van der Waals surface area (Å²) >= 11 is 0.